The van der Waals surface area contributed by atoms with E-state index in [1.165, 1.54) is 0 Å². The first-order chi connectivity index (χ1) is 13.8. The van der Waals surface area contributed by atoms with Crippen molar-refractivity contribution in [1.82, 2.24) is 10.6 Å². The molecule has 29 heavy (non-hydrogen) atoms. The number of methoxy groups -OCH3 is 2. The van der Waals surface area contributed by atoms with Crippen molar-refractivity contribution in [1.29, 1.82) is 0 Å². The number of hydrogen-bond donors (Lipinski definition) is 2. The highest BCUT2D eigenvalue weighted by molar-refractivity contribution is 6.33. The van der Waals surface area contributed by atoms with Gasteiger partial charge >= 0.3 is 0 Å². The van der Waals surface area contributed by atoms with Crippen LogP contribution < -0.4 is 20.1 Å². The third-order valence-corrected chi connectivity index (χ3v) is 4.95. The Balaban J connectivity index is 2.17. The number of nitrogens with one attached hydrogen (secondary N) is 2. The van der Waals surface area contributed by atoms with Gasteiger partial charge in [-0.2, -0.15) is 0 Å². The Hall–Kier alpha value is -2.73. The fraction of sp³-hybridized carbons (Fsp3) is 0.364. The van der Waals surface area contributed by atoms with E-state index < -0.39 is 11.9 Å². The summed E-state index contributed by atoms with van der Waals surface area (Å²) in [5, 5.41) is 6.08. The molecular formula is C22H27ClN2O4. The van der Waals surface area contributed by atoms with Crippen LogP contribution in [0.4, 0.5) is 0 Å². The second kappa shape index (κ2) is 10.2. The van der Waals surface area contributed by atoms with E-state index in [9.17, 15) is 9.59 Å². The molecule has 0 aliphatic heterocycles. The van der Waals surface area contributed by atoms with Crippen LogP contribution in [0.2, 0.25) is 5.02 Å². The average Bonchev–Trinajstić information content (AvgIpc) is 2.71. The summed E-state index contributed by atoms with van der Waals surface area (Å²) in [6, 6.07) is 11.0. The van der Waals surface area contributed by atoms with Crippen LogP contribution in [0.1, 0.15) is 42.7 Å². The fourth-order valence-electron chi connectivity index (χ4n) is 2.96. The van der Waals surface area contributed by atoms with Gasteiger partial charge in [-0.1, -0.05) is 37.6 Å². The Morgan fingerprint density at radius 3 is 2.24 bits per heavy atom. The molecule has 0 aliphatic rings. The minimum atomic E-state index is -0.724. The fourth-order valence-corrected chi connectivity index (χ4v) is 3.18. The zero-order valence-electron chi connectivity index (χ0n) is 17.3. The van der Waals surface area contributed by atoms with Crippen molar-refractivity contribution in [2.75, 3.05) is 14.2 Å². The molecule has 2 rings (SSSR count). The summed E-state index contributed by atoms with van der Waals surface area (Å²) in [6.07, 6.45) is 0. The maximum atomic E-state index is 12.9. The number of hydrogen-bond acceptors (Lipinski definition) is 4. The highest BCUT2D eigenvalue weighted by Gasteiger charge is 2.27. The summed E-state index contributed by atoms with van der Waals surface area (Å²) < 4.78 is 10.7. The topological polar surface area (TPSA) is 76.7 Å². The van der Waals surface area contributed by atoms with Gasteiger partial charge in [0.25, 0.3) is 5.91 Å². The molecule has 0 aliphatic carbocycles. The van der Waals surface area contributed by atoms with Crippen LogP contribution in [0, 0.1) is 5.92 Å². The van der Waals surface area contributed by atoms with E-state index >= 15 is 0 Å². The van der Waals surface area contributed by atoms with Gasteiger partial charge in [-0.3, -0.25) is 9.59 Å². The molecule has 0 aromatic heterocycles. The van der Waals surface area contributed by atoms with Gasteiger partial charge < -0.3 is 20.1 Å². The zero-order chi connectivity index (χ0) is 21.6. The van der Waals surface area contributed by atoms with Gasteiger partial charge in [-0.15, -0.1) is 0 Å². The highest BCUT2D eigenvalue weighted by Crippen LogP contribution is 2.29. The first kappa shape index (κ1) is 22.6. The zero-order valence-corrected chi connectivity index (χ0v) is 18.0. The first-order valence-electron chi connectivity index (χ1n) is 9.36. The van der Waals surface area contributed by atoms with E-state index in [1.807, 2.05) is 26.8 Å². The SMILES string of the molecule is COc1ccc(OC)c(C(C)NC(=O)[C@@H](NC(=O)c2ccccc2Cl)C(C)C)c1. The highest BCUT2D eigenvalue weighted by atomic mass is 35.5. The maximum Gasteiger partial charge on any atom is 0.253 e. The monoisotopic (exact) mass is 418 g/mol. The van der Waals surface area contributed by atoms with E-state index in [2.05, 4.69) is 10.6 Å². The number of carbonyl (C=O) groups is 2. The van der Waals surface area contributed by atoms with Crippen LogP contribution in [-0.4, -0.2) is 32.1 Å². The molecule has 0 heterocycles. The molecule has 7 heteroatoms. The predicted octanol–water partition coefficient (Wildman–Crippen LogP) is 3.99. The lowest BCUT2D eigenvalue weighted by atomic mass is 10.0. The molecule has 0 bridgehead atoms. The van der Waals surface area contributed by atoms with Gasteiger partial charge in [0.15, 0.2) is 0 Å². The lowest BCUT2D eigenvalue weighted by Gasteiger charge is -2.25. The average molecular weight is 419 g/mol. The lowest BCUT2D eigenvalue weighted by Crippen LogP contribution is -2.50. The summed E-state index contributed by atoms with van der Waals surface area (Å²) in [4.78, 5) is 25.6. The van der Waals surface area contributed by atoms with Crippen LogP contribution in [-0.2, 0) is 4.79 Å². The number of amides is 2. The standard InChI is InChI=1S/C22H27ClN2O4/c1-13(2)20(25-21(26)16-8-6-7-9-18(16)23)22(27)24-14(3)17-12-15(28-4)10-11-19(17)29-5/h6-14,20H,1-5H3,(H,24,27)(H,25,26)/t14?,20-/m0/s1. The van der Waals surface area contributed by atoms with Crippen molar-refractivity contribution >= 4 is 23.4 Å². The molecule has 2 atom stereocenters. The van der Waals surface area contributed by atoms with Crippen molar-refractivity contribution in [3.63, 3.8) is 0 Å². The van der Waals surface area contributed by atoms with E-state index in [0.29, 0.717) is 22.1 Å². The smallest absolute Gasteiger partial charge is 0.253 e. The summed E-state index contributed by atoms with van der Waals surface area (Å²) in [7, 11) is 3.15. The molecule has 0 saturated carbocycles. The van der Waals surface area contributed by atoms with Crippen molar-refractivity contribution in [3.8, 4) is 11.5 Å². The largest absolute Gasteiger partial charge is 0.497 e. The third kappa shape index (κ3) is 5.64. The van der Waals surface area contributed by atoms with Crippen molar-refractivity contribution in [2.24, 2.45) is 5.92 Å². The molecular weight excluding hydrogens is 392 g/mol. The van der Waals surface area contributed by atoms with Crippen LogP contribution in [0.3, 0.4) is 0 Å². The van der Waals surface area contributed by atoms with Crippen LogP contribution in [0.25, 0.3) is 0 Å². The molecule has 0 saturated heterocycles. The van der Waals surface area contributed by atoms with E-state index in [-0.39, 0.29) is 17.9 Å². The first-order valence-corrected chi connectivity index (χ1v) is 9.74. The minimum absolute atomic E-state index is 0.124. The number of ether oxygens (including phenoxy) is 2. The van der Waals surface area contributed by atoms with Crippen LogP contribution >= 0.6 is 11.6 Å². The van der Waals surface area contributed by atoms with Gasteiger partial charge in [-0.05, 0) is 43.2 Å². The van der Waals surface area contributed by atoms with E-state index in [0.717, 1.165) is 5.56 Å². The molecule has 2 aromatic rings. The van der Waals surface area contributed by atoms with Crippen molar-refractivity contribution in [2.45, 2.75) is 32.9 Å². The van der Waals surface area contributed by atoms with Gasteiger partial charge in [-0.25, -0.2) is 0 Å². The van der Waals surface area contributed by atoms with E-state index in [4.69, 9.17) is 21.1 Å². The molecule has 0 fully saturated rings. The number of carbonyl (C=O) groups excluding carboxylic acids is 2. The summed E-state index contributed by atoms with van der Waals surface area (Å²) in [6.45, 7) is 5.59. The Morgan fingerprint density at radius 1 is 0.966 bits per heavy atom. The van der Waals surface area contributed by atoms with Crippen molar-refractivity contribution in [3.05, 3.63) is 58.6 Å². The van der Waals surface area contributed by atoms with Gasteiger partial charge in [0.1, 0.15) is 17.5 Å². The molecule has 6 nitrogen and oxygen atoms in total. The molecule has 2 aromatic carbocycles. The molecule has 2 amide bonds. The van der Waals surface area contributed by atoms with Gasteiger partial charge in [0, 0.05) is 5.56 Å². The molecule has 156 valence electrons. The minimum Gasteiger partial charge on any atom is -0.497 e. The van der Waals surface area contributed by atoms with Gasteiger partial charge in [0.05, 0.1) is 30.8 Å². The number of rotatable bonds is 8. The molecule has 1 unspecified atom stereocenters. The maximum absolute atomic E-state index is 12.9. The Kier molecular flexibility index (Phi) is 7.91. The lowest BCUT2D eigenvalue weighted by molar-refractivity contribution is -0.124. The number of benzene rings is 2. The second-order valence-electron chi connectivity index (χ2n) is 7.01. The third-order valence-electron chi connectivity index (χ3n) is 4.62. The van der Waals surface area contributed by atoms with Crippen LogP contribution in [0.5, 0.6) is 11.5 Å². The summed E-state index contributed by atoms with van der Waals surface area (Å²) in [5.74, 6) is 0.490. The van der Waals surface area contributed by atoms with E-state index in [1.54, 1.807) is 50.6 Å². The van der Waals surface area contributed by atoms with Gasteiger partial charge in [0.2, 0.25) is 5.91 Å². The quantitative estimate of drug-likeness (QED) is 0.679. The number of halogens is 1. The Morgan fingerprint density at radius 2 is 1.66 bits per heavy atom. The predicted molar refractivity (Wildman–Crippen MR) is 114 cm³/mol. The molecule has 2 N–H and O–H groups in total. The molecule has 0 radical (unpaired) electrons. The summed E-state index contributed by atoms with van der Waals surface area (Å²) >= 11 is 6.10. The summed E-state index contributed by atoms with van der Waals surface area (Å²) in [5.41, 5.74) is 1.11. The second-order valence-corrected chi connectivity index (χ2v) is 7.42. The van der Waals surface area contributed by atoms with Crippen molar-refractivity contribution < 1.29 is 19.1 Å². The Bertz CT molecular complexity index is 870. The normalized spacial score (nSPS) is 12.8. The van der Waals surface area contributed by atoms with Crippen LogP contribution in [0.15, 0.2) is 42.5 Å². The Labute approximate surface area is 176 Å². The molecule has 0 spiro atoms.